The molecule has 1 aromatic carbocycles. The van der Waals surface area contributed by atoms with Crippen molar-refractivity contribution >= 4 is 32.4 Å². The van der Waals surface area contributed by atoms with Crippen LogP contribution in [0.15, 0.2) is 35.7 Å². The summed E-state index contributed by atoms with van der Waals surface area (Å²) in [6, 6.07) is 9.00. The lowest BCUT2D eigenvalue weighted by Gasteiger charge is -2.22. The normalized spacial score (nSPS) is 11.9. The van der Waals surface area contributed by atoms with Gasteiger partial charge in [-0.25, -0.2) is 13.4 Å². The van der Waals surface area contributed by atoms with Gasteiger partial charge in [0, 0.05) is 11.9 Å². The third-order valence-corrected chi connectivity index (χ3v) is 6.40. The summed E-state index contributed by atoms with van der Waals surface area (Å²) < 4.78 is 26.9. The molecule has 0 atom stereocenters. The number of carbonyl (C=O) groups excluding carboxylic acids is 1. The van der Waals surface area contributed by atoms with E-state index in [0.29, 0.717) is 29.6 Å². The second-order valence-electron chi connectivity index (χ2n) is 6.60. The van der Waals surface area contributed by atoms with E-state index < -0.39 is 10.0 Å². The van der Waals surface area contributed by atoms with E-state index in [1.165, 1.54) is 15.6 Å². The Kier molecular flexibility index (Phi) is 7.31. The van der Waals surface area contributed by atoms with Gasteiger partial charge < -0.3 is 5.32 Å². The third-order valence-electron chi connectivity index (χ3n) is 3.73. The Morgan fingerprint density at radius 2 is 1.96 bits per heavy atom. The lowest BCUT2D eigenvalue weighted by Crippen LogP contribution is -2.39. The van der Waals surface area contributed by atoms with Crippen LogP contribution in [0.5, 0.6) is 0 Å². The van der Waals surface area contributed by atoms with E-state index in [-0.39, 0.29) is 18.2 Å². The van der Waals surface area contributed by atoms with E-state index in [9.17, 15) is 13.2 Å². The van der Waals surface area contributed by atoms with Crippen LogP contribution in [0.4, 0.5) is 5.13 Å². The molecule has 0 aliphatic rings. The minimum Gasteiger partial charge on any atom is -0.301 e. The molecule has 0 spiro atoms. The smallest absolute Gasteiger partial charge is 0.241 e. The van der Waals surface area contributed by atoms with Gasteiger partial charge in [-0.3, -0.25) is 4.79 Å². The average Bonchev–Trinajstić information content (AvgIpc) is 2.96. The molecule has 1 aromatic heterocycles. The van der Waals surface area contributed by atoms with E-state index in [0.717, 1.165) is 5.69 Å². The average molecular weight is 396 g/mol. The van der Waals surface area contributed by atoms with Crippen LogP contribution in [0.3, 0.4) is 0 Å². The first-order chi connectivity index (χ1) is 12.3. The van der Waals surface area contributed by atoms with E-state index in [2.05, 4.69) is 10.3 Å². The van der Waals surface area contributed by atoms with Crippen molar-refractivity contribution in [2.24, 2.45) is 5.92 Å². The number of amides is 1. The number of thiazole rings is 1. The minimum absolute atomic E-state index is 0.116. The Labute approximate surface area is 159 Å². The molecule has 0 aliphatic heterocycles. The number of hydrogen-bond donors (Lipinski definition) is 1. The molecule has 2 aromatic rings. The minimum atomic E-state index is -3.60. The lowest BCUT2D eigenvalue weighted by atomic mass is 10.1. The van der Waals surface area contributed by atoms with Crippen LogP contribution in [0.1, 0.15) is 31.5 Å². The van der Waals surface area contributed by atoms with Gasteiger partial charge in [0.15, 0.2) is 5.13 Å². The Morgan fingerprint density at radius 3 is 2.54 bits per heavy atom. The van der Waals surface area contributed by atoms with E-state index in [1.807, 2.05) is 32.2 Å². The number of hydrogen-bond acceptors (Lipinski definition) is 5. The van der Waals surface area contributed by atoms with Crippen LogP contribution < -0.4 is 5.32 Å². The molecule has 142 valence electrons. The zero-order valence-electron chi connectivity index (χ0n) is 15.3. The van der Waals surface area contributed by atoms with Gasteiger partial charge in [0.1, 0.15) is 0 Å². The number of carbonyl (C=O) groups is 1. The highest BCUT2D eigenvalue weighted by molar-refractivity contribution is 7.88. The van der Waals surface area contributed by atoms with Crippen LogP contribution in [0.2, 0.25) is 0 Å². The summed E-state index contributed by atoms with van der Waals surface area (Å²) >= 11 is 1.32. The van der Waals surface area contributed by atoms with Crippen molar-refractivity contribution in [3.63, 3.8) is 0 Å². The fraction of sp³-hybridized carbons (Fsp3) is 0.444. The number of rotatable bonds is 9. The Morgan fingerprint density at radius 1 is 1.27 bits per heavy atom. The highest BCUT2D eigenvalue weighted by atomic mass is 32.2. The SMILES string of the molecule is Cc1csc(NC(=O)CN(CCC(C)C)S(=O)(=O)Cc2ccccc2)n1. The van der Waals surface area contributed by atoms with Crippen LogP contribution in [0, 0.1) is 12.8 Å². The molecule has 0 saturated heterocycles. The zero-order chi connectivity index (χ0) is 19.2. The first-order valence-electron chi connectivity index (χ1n) is 8.50. The van der Waals surface area contributed by atoms with Crippen molar-refractivity contribution in [2.45, 2.75) is 32.9 Å². The maximum Gasteiger partial charge on any atom is 0.241 e. The molecule has 1 N–H and O–H groups in total. The molecule has 0 unspecified atom stereocenters. The van der Waals surface area contributed by atoms with E-state index in [4.69, 9.17) is 0 Å². The van der Waals surface area contributed by atoms with Crippen molar-refractivity contribution in [2.75, 3.05) is 18.4 Å². The summed E-state index contributed by atoms with van der Waals surface area (Å²) in [5.41, 5.74) is 1.52. The van der Waals surface area contributed by atoms with Gasteiger partial charge in [-0.1, -0.05) is 44.2 Å². The highest BCUT2D eigenvalue weighted by Gasteiger charge is 2.25. The molecule has 26 heavy (non-hydrogen) atoms. The molecule has 0 bridgehead atoms. The van der Waals surface area contributed by atoms with Crippen LogP contribution in [0.25, 0.3) is 0 Å². The Balaban J connectivity index is 2.09. The molecule has 8 heteroatoms. The molecular weight excluding hydrogens is 370 g/mol. The van der Waals surface area contributed by atoms with Crippen molar-refractivity contribution < 1.29 is 13.2 Å². The highest BCUT2D eigenvalue weighted by Crippen LogP contribution is 2.16. The summed E-state index contributed by atoms with van der Waals surface area (Å²) in [5.74, 6) is -0.149. The number of aromatic nitrogens is 1. The zero-order valence-corrected chi connectivity index (χ0v) is 16.9. The number of nitrogens with one attached hydrogen (secondary N) is 1. The van der Waals surface area contributed by atoms with Gasteiger partial charge in [-0.05, 0) is 24.8 Å². The van der Waals surface area contributed by atoms with Gasteiger partial charge >= 0.3 is 0 Å². The quantitative estimate of drug-likeness (QED) is 0.707. The third kappa shape index (κ3) is 6.51. The number of anilines is 1. The summed E-state index contributed by atoms with van der Waals surface area (Å²) in [5, 5.41) is 4.99. The maximum absolute atomic E-state index is 12.8. The number of sulfonamides is 1. The van der Waals surface area contributed by atoms with Crippen molar-refractivity contribution in [1.82, 2.24) is 9.29 Å². The monoisotopic (exact) mass is 395 g/mol. The van der Waals surface area contributed by atoms with Gasteiger partial charge in [0.2, 0.25) is 15.9 Å². The Hall–Kier alpha value is -1.77. The Bertz CT molecular complexity index is 817. The molecule has 2 rings (SSSR count). The van der Waals surface area contributed by atoms with E-state index in [1.54, 1.807) is 24.3 Å². The summed E-state index contributed by atoms with van der Waals surface area (Å²) in [4.78, 5) is 16.5. The van der Waals surface area contributed by atoms with Gasteiger partial charge in [-0.15, -0.1) is 11.3 Å². The summed E-state index contributed by atoms with van der Waals surface area (Å²) in [7, 11) is -3.60. The predicted octanol–water partition coefficient (Wildman–Crippen LogP) is 3.27. The van der Waals surface area contributed by atoms with Crippen LogP contribution >= 0.6 is 11.3 Å². The molecule has 1 heterocycles. The number of aryl methyl sites for hydroxylation is 1. The predicted molar refractivity (Wildman–Crippen MR) is 106 cm³/mol. The number of benzene rings is 1. The lowest BCUT2D eigenvalue weighted by molar-refractivity contribution is -0.116. The topological polar surface area (TPSA) is 79.4 Å². The second-order valence-corrected chi connectivity index (χ2v) is 9.43. The molecule has 0 aliphatic carbocycles. The first kappa shape index (κ1) is 20.5. The molecule has 6 nitrogen and oxygen atoms in total. The largest absolute Gasteiger partial charge is 0.301 e. The summed E-state index contributed by atoms with van der Waals surface area (Å²) in [6.07, 6.45) is 0.692. The van der Waals surface area contributed by atoms with Crippen LogP contribution in [-0.4, -0.2) is 36.7 Å². The van der Waals surface area contributed by atoms with E-state index >= 15 is 0 Å². The first-order valence-corrected chi connectivity index (χ1v) is 11.0. The second kappa shape index (κ2) is 9.25. The van der Waals surface area contributed by atoms with Gasteiger partial charge in [0.05, 0.1) is 18.0 Å². The molecular formula is C18H25N3O3S2. The van der Waals surface area contributed by atoms with Crippen LogP contribution in [-0.2, 0) is 20.6 Å². The molecule has 0 saturated carbocycles. The fourth-order valence-electron chi connectivity index (χ4n) is 2.33. The van der Waals surface area contributed by atoms with Gasteiger partial charge in [0.25, 0.3) is 0 Å². The fourth-order valence-corrected chi connectivity index (χ4v) is 4.52. The van der Waals surface area contributed by atoms with Gasteiger partial charge in [-0.2, -0.15) is 4.31 Å². The standard InChI is InChI=1S/C18H25N3O3S2/c1-14(2)9-10-21(11-17(22)20-18-19-15(3)12-25-18)26(23,24)13-16-7-5-4-6-8-16/h4-8,12,14H,9-11,13H2,1-3H3,(H,19,20,22). The van der Waals surface area contributed by atoms with Crippen molar-refractivity contribution in [3.8, 4) is 0 Å². The molecule has 0 radical (unpaired) electrons. The maximum atomic E-state index is 12.8. The molecule has 1 amide bonds. The molecule has 0 fully saturated rings. The number of nitrogens with zero attached hydrogens (tertiary/aromatic N) is 2. The van der Waals surface area contributed by atoms with Crippen molar-refractivity contribution in [1.29, 1.82) is 0 Å². The summed E-state index contributed by atoms with van der Waals surface area (Å²) in [6.45, 7) is 6.00. The van der Waals surface area contributed by atoms with Crippen molar-refractivity contribution in [3.05, 3.63) is 47.0 Å².